The molecule has 0 atom stereocenters. The average Bonchev–Trinajstić information content (AvgIpc) is 3.14. The Morgan fingerprint density at radius 3 is 2.74 bits per heavy atom. The molecule has 19 heavy (non-hydrogen) atoms. The van der Waals surface area contributed by atoms with Crippen LogP contribution in [-0.4, -0.2) is 21.9 Å². The summed E-state index contributed by atoms with van der Waals surface area (Å²) in [6.07, 6.45) is 2.34. The third kappa shape index (κ3) is 2.39. The van der Waals surface area contributed by atoms with Gasteiger partial charge in [0.2, 0.25) is 0 Å². The Balaban J connectivity index is 2.21. The monoisotopic (exact) mass is 403 g/mol. The summed E-state index contributed by atoms with van der Waals surface area (Å²) in [5.41, 5.74) is 0.945. The number of nitrogens with zero attached hydrogens (tertiary/aromatic N) is 2. The molecule has 1 aromatic heterocycles. The first kappa shape index (κ1) is 13.3. The number of halogens is 2. The summed E-state index contributed by atoms with van der Waals surface area (Å²) in [5.74, 6) is 2.27. The van der Waals surface area contributed by atoms with Gasteiger partial charge in [-0.15, -0.1) is 0 Å². The second-order valence-corrected chi connectivity index (χ2v) is 6.53. The molecule has 3 rings (SSSR count). The van der Waals surface area contributed by atoms with Gasteiger partial charge in [0.05, 0.1) is 17.3 Å². The van der Waals surface area contributed by atoms with Crippen LogP contribution in [0.15, 0.2) is 21.1 Å². The highest BCUT2D eigenvalue weighted by Crippen LogP contribution is 2.41. The van der Waals surface area contributed by atoms with Crippen molar-refractivity contribution in [3.63, 3.8) is 0 Å². The van der Waals surface area contributed by atoms with Crippen LogP contribution in [0.1, 0.15) is 24.6 Å². The third-order valence-electron chi connectivity index (χ3n) is 3.10. The van der Waals surface area contributed by atoms with E-state index < -0.39 is 0 Å². The minimum absolute atomic E-state index is 0.509. The van der Waals surface area contributed by atoms with Gasteiger partial charge < -0.3 is 4.74 Å². The summed E-state index contributed by atoms with van der Waals surface area (Å²) < 4.78 is 9.77. The highest BCUT2D eigenvalue weighted by atomic mass is 79.9. The molecule has 7 heteroatoms. The Kier molecular flexibility index (Phi) is 3.53. The second kappa shape index (κ2) is 5.03. The molecule has 100 valence electrons. The van der Waals surface area contributed by atoms with Gasteiger partial charge in [-0.1, -0.05) is 0 Å². The first-order valence-corrected chi connectivity index (χ1v) is 7.82. The topological polar surface area (TPSA) is 42.8 Å². The SMILES string of the molecule is COc1cc(-n2c(C3CC3)n[nH]c2=S)c(Br)cc1Br. The van der Waals surface area contributed by atoms with E-state index in [9.17, 15) is 0 Å². The summed E-state index contributed by atoms with van der Waals surface area (Å²) in [7, 11) is 1.65. The Morgan fingerprint density at radius 2 is 2.11 bits per heavy atom. The predicted octanol–water partition coefficient (Wildman–Crippen LogP) is 4.34. The van der Waals surface area contributed by atoms with Crippen molar-refractivity contribution in [2.45, 2.75) is 18.8 Å². The van der Waals surface area contributed by atoms with Crippen LogP contribution in [0, 0.1) is 4.77 Å². The maximum Gasteiger partial charge on any atom is 0.199 e. The fourth-order valence-corrected chi connectivity index (χ4v) is 3.57. The highest BCUT2D eigenvalue weighted by Gasteiger charge is 2.30. The van der Waals surface area contributed by atoms with Gasteiger partial charge in [-0.25, -0.2) is 0 Å². The zero-order chi connectivity index (χ0) is 13.6. The van der Waals surface area contributed by atoms with E-state index in [1.54, 1.807) is 7.11 Å². The normalized spacial score (nSPS) is 14.7. The molecule has 0 aliphatic heterocycles. The van der Waals surface area contributed by atoms with Crippen LogP contribution < -0.4 is 4.74 Å². The smallest absolute Gasteiger partial charge is 0.199 e. The van der Waals surface area contributed by atoms with Gasteiger partial charge in [0, 0.05) is 16.5 Å². The molecule has 2 aromatic rings. The molecule has 0 spiro atoms. The second-order valence-electron chi connectivity index (χ2n) is 4.43. The van der Waals surface area contributed by atoms with E-state index in [4.69, 9.17) is 17.0 Å². The number of aromatic amines is 1. The number of rotatable bonds is 3. The minimum atomic E-state index is 0.509. The molecule has 1 aromatic carbocycles. The Bertz CT molecular complexity index is 691. The Labute approximate surface area is 132 Å². The molecule has 0 saturated heterocycles. The lowest BCUT2D eigenvalue weighted by molar-refractivity contribution is 0.412. The molecule has 1 N–H and O–H groups in total. The number of nitrogens with one attached hydrogen (secondary N) is 1. The third-order valence-corrected chi connectivity index (χ3v) is 4.63. The Hall–Kier alpha value is -0.660. The molecule has 1 heterocycles. The van der Waals surface area contributed by atoms with Crippen molar-refractivity contribution in [1.82, 2.24) is 14.8 Å². The average molecular weight is 405 g/mol. The van der Waals surface area contributed by atoms with Gasteiger partial charge in [0.15, 0.2) is 4.77 Å². The van der Waals surface area contributed by atoms with Crippen LogP contribution in [0.3, 0.4) is 0 Å². The maximum atomic E-state index is 5.35. The number of benzene rings is 1. The molecule has 1 saturated carbocycles. The molecular weight excluding hydrogens is 394 g/mol. The molecule has 1 aliphatic rings. The van der Waals surface area contributed by atoms with Crippen molar-refractivity contribution in [2.75, 3.05) is 7.11 Å². The molecule has 4 nitrogen and oxygen atoms in total. The maximum absolute atomic E-state index is 5.35. The van der Waals surface area contributed by atoms with Gasteiger partial charge in [-0.3, -0.25) is 9.67 Å². The first-order chi connectivity index (χ1) is 9.11. The van der Waals surface area contributed by atoms with E-state index in [1.165, 1.54) is 12.8 Å². The first-order valence-electron chi connectivity index (χ1n) is 5.82. The van der Waals surface area contributed by atoms with Gasteiger partial charge >= 0.3 is 0 Å². The lowest BCUT2D eigenvalue weighted by atomic mass is 10.3. The predicted molar refractivity (Wildman–Crippen MR) is 82.7 cm³/mol. The van der Waals surface area contributed by atoms with Gasteiger partial charge in [-0.05, 0) is 63.0 Å². The standard InChI is InChI=1S/C12H11Br2N3OS/c1-18-10-5-9(7(13)4-8(10)14)17-11(6-2-3-6)15-16-12(17)19/h4-6H,2-3H2,1H3,(H,16,19). The van der Waals surface area contributed by atoms with Crippen molar-refractivity contribution in [1.29, 1.82) is 0 Å². The zero-order valence-electron chi connectivity index (χ0n) is 10.1. The lowest BCUT2D eigenvalue weighted by Crippen LogP contribution is -2.02. The lowest BCUT2D eigenvalue weighted by Gasteiger charge is -2.12. The summed E-state index contributed by atoms with van der Waals surface area (Å²) >= 11 is 12.4. The van der Waals surface area contributed by atoms with E-state index >= 15 is 0 Å². The summed E-state index contributed by atoms with van der Waals surface area (Å²) in [6.45, 7) is 0. The number of hydrogen-bond donors (Lipinski definition) is 1. The number of hydrogen-bond acceptors (Lipinski definition) is 3. The van der Waals surface area contributed by atoms with Gasteiger partial charge in [0.25, 0.3) is 0 Å². The van der Waals surface area contributed by atoms with Crippen molar-refractivity contribution < 1.29 is 4.74 Å². The van der Waals surface area contributed by atoms with E-state index in [0.717, 1.165) is 26.2 Å². The molecule has 1 fully saturated rings. The van der Waals surface area contributed by atoms with Crippen molar-refractivity contribution in [3.8, 4) is 11.4 Å². The van der Waals surface area contributed by atoms with Crippen LogP contribution >= 0.6 is 44.1 Å². The summed E-state index contributed by atoms with van der Waals surface area (Å²) in [6, 6.07) is 3.91. The number of ether oxygens (including phenoxy) is 1. The highest BCUT2D eigenvalue weighted by molar-refractivity contribution is 9.11. The fourth-order valence-electron chi connectivity index (χ4n) is 2.00. The molecule has 1 aliphatic carbocycles. The van der Waals surface area contributed by atoms with Crippen molar-refractivity contribution in [3.05, 3.63) is 31.7 Å². The summed E-state index contributed by atoms with van der Waals surface area (Å²) in [4.78, 5) is 0. The minimum Gasteiger partial charge on any atom is -0.495 e. The van der Waals surface area contributed by atoms with Crippen molar-refractivity contribution >= 4 is 44.1 Å². The summed E-state index contributed by atoms with van der Waals surface area (Å²) in [5, 5.41) is 7.22. The number of methoxy groups -OCH3 is 1. The van der Waals surface area contributed by atoms with Crippen LogP contribution in [0.5, 0.6) is 5.75 Å². The largest absolute Gasteiger partial charge is 0.495 e. The molecule has 0 radical (unpaired) electrons. The molecule has 0 amide bonds. The van der Waals surface area contributed by atoms with Crippen LogP contribution in [0.25, 0.3) is 5.69 Å². The molecule has 0 unspecified atom stereocenters. The van der Waals surface area contributed by atoms with E-state index in [-0.39, 0.29) is 0 Å². The van der Waals surface area contributed by atoms with E-state index in [0.29, 0.717) is 10.7 Å². The Morgan fingerprint density at radius 1 is 1.37 bits per heavy atom. The molecule has 0 bridgehead atoms. The number of aromatic nitrogens is 3. The van der Waals surface area contributed by atoms with Crippen LogP contribution in [0.2, 0.25) is 0 Å². The van der Waals surface area contributed by atoms with Gasteiger partial charge in [-0.2, -0.15) is 5.10 Å². The van der Waals surface area contributed by atoms with Crippen LogP contribution in [0.4, 0.5) is 0 Å². The van der Waals surface area contributed by atoms with Crippen LogP contribution in [-0.2, 0) is 0 Å². The zero-order valence-corrected chi connectivity index (χ0v) is 14.1. The van der Waals surface area contributed by atoms with E-state index in [2.05, 4.69) is 42.1 Å². The molecular formula is C12H11Br2N3OS. The van der Waals surface area contributed by atoms with Crippen molar-refractivity contribution in [2.24, 2.45) is 0 Å². The van der Waals surface area contributed by atoms with Gasteiger partial charge in [0.1, 0.15) is 11.6 Å². The quantitative estimate of drug-likeness (QED) is 0.773. The van der Waals surface area contributed by atoms with E-state index in [1.807, 2.05) is 16.7 Å². The number of H-pyrrole nitrogens is 1. The fraction of sp³-hybridized carbons (Fsp3) is 0.333.